The lowest BCUT2D eigenvalue weighted by Gasteiger charge is -2.26. The Morgan fingerprint density at radius 1 is 1.05 bits per heavy atom. The summed E-state index contributed by atoms with van der Waals surface area (Å²) in [5.41, 5.74) is 10.2. The van der Waals surface area contributed by atoms with Crippen LogP contribution in [0.1, 0.15) is 45.2 Å². The molecular weight excluding hydrogens is 258 g/mol. The lowest BCUT2D eigenvalue weighted by atomic mass is 10.1. The van der Waals surface area contributed by atoms with Crippen molar-refractivity contribution in [3.05, 3.63) is 30.0 Å². The number of nitrogen functional groups attached to an aromatic ring is 1. The molecule has 0 aliphatic heterocycles. The second kappa shape index (κ2) is 7.30. The van der Waals surface area contributed by atoms with E-state index in [1.807, 2.05) is 12.1 Å². The largest absolute Gasteiger partial charge is 0.399 e. The average Bonchev–Trinajstić information content (AvgIpc) is 2.47. The van der Waals surface area contributed by atoms with Crippen LogP contribution < -0.4 is 10.6 Å². The molecule has 0 bridgehead atoms. The Labute approximate surface area is 128 Å². The number of unbranched alkanes of at least 4 members (excludes halogenated alkanes) is 2. The predicted octanol–water partition coefficient (Wildman–Crippen LogP) is 4.53. The van der Waals surface area contributed by atoms with Gasteiger partial charge in [-0.05, 0) is 44.0 Å². The predicted molar refractivity (Wildman–Crippen MR) is 92.9 cm³/mol. The number of aromatic nitrogens is 1. The van der Waals surface area contributed by atoms with Crippen molar-refractivity contribution in [2.75, 3.05) is 23.7 Å². The molecule has 0 saturated carbocycles. The number of nitrogens with zero attached hydrogens (tertiary/aromatic N) is 2. The third-order valence-corrected chi connectivity index (χ3v) is 3.84. The standard InChI is InChI=1S/C18H27N3/c1-4-6-10-21(11-7-5-2)18-12-14(3)20-17-9-8-15(19)13-16(17)18/h8-9,12-13H,4-7,10-11,19H2,1-3H3. The van der Waals surface area contributed by atoms with Crippen molar-refractivity contribution in [3.8, 4) is 0 Å². The molecule has 0 spiro atoms. The van der Waals surface area contributed by atoms with Gasteiger partial charge in [0.25, 0.3) is 0 Å². The van der Waals surface area contributed by atoms with Gasteiger partial charge in [-0.1, -0.05) is 26.7 Å². The number of pyridine rings is 1. The van der Waals surface area contributed by atoms with Crippen LogP contribution in [0.5, 0.6) is 0 Å². The minimum atomic E-state index is 0.806. The molecule has 0 amide bonds. The first-order chi connectivity index (χ1) is 10.2. The summed E-state index contributed by atoms with van der Waals surface area (Å²) in [6.07, 6.45) is 4.86. The average molecular weight is 285 g/mol. The highest BCUT2D eigenvalue weighted by molar-refractivity contribution is 5.94. The molecule has 0 aliphatic carbocycles. The normalized spacial score (nSPS) is 11.0. The molecule has 3 heteroatoms. The van der Waals surface area contributed by atoms with Crippen LogP contribution in [0.25, 0.3) is 10.9 Å². The highest BCUT2D eigenvalue weighted by Gasteiger charge is 2.11. The van der Waals surface area contributed by atoms with Crippen LogP contribution in [-0.2, 0) is 0 Å². The number of hydrogen-bond donors (Lipinski definition) is 1. The highest BCUT2D eigenvalue weighted by Crippen LogP contribution is 2.29. The van der Waals surface area contributed by atoms with Crippen LogP contribution >= 0.6 is 0 Å². The first-order valence-corrected chi connectivity index (χ1v) is 8.07. The maximum absolute atomic E-state index is 5.98. The second-order valence-corrected chi connectivity index (χ2v) is 5.75. The number of hydrogen-bond acceptors (Lipinski definition) is 3. The van der Waals surface area contributed by atoms with Crippen molar-refractivity contribution in [3.63, 3.8) is 0 Å². The minimum absolute atomic E-state index is 0.806. The summed E-state index contributed by atoms with van der Waals surface area (Å²) < 4.78 is 0. The molecule has 2 aromatic rings. The fourth-order valence-electron chi connectivity index (χ4n) is 2.67. The van der Waals surface area contributed by atoms with E-state index in [-0.39, 0.29) is 0 Å². The zero-order valence-corrected chi connectivity index (χ0v) is 13.5. The van der Waals surface area contributed by atoms with Crippen LogP contribution in [-0.4, -0.2) is 18.1 Å². The first-order valence-electron chi connectivity index (χ1n) is 8.07. The van der Waals surface area contributed by atoms with Gasteiger partial charge in [0.1, 0.15) is 0 Å². The molecule has 0 atom stereocenters. The van der Waals surface area contributed by atoms with Crippen molar-refractivity contribution in [1.82, 2.24) is 4.98 Å². The third kappa shape index (κ3) is 3.87. The molecule has 1 aromatic heterocycles. The van der Waals surface area contributed by atoms with Gasteiger partial charge in [0, 0.05) is 35.5 Å². The van der Waals surface area contributed by atoms with Crippen molar-refractivity contribution in [2.45, 2.75) is 46.5 Å². The van der Waals surface area contributed by atoms with Crippen molar-refractivity contribution < 1.29 is 0 Å². The number of benzene rings is 1. The van der Waals surface area contributed by atoms with E-state index in [1.165, 1.54) is 36.8 Å². The molecule has 3 nitrogen and oxygen atoms in total. The van der Waals surface area contributed by atoms with Gasteiger partial charge in [-0.3, -0.25) is 4.98 Å². The van der Waals surface area contributed by atoms with Gasteiger partial charge in [0.15, 0.2) is 0 Å². The van der Waals surface area contributed by atoms with E-state index in [9.17, 15) is 0 Å². The first kappa shape index (κ1) is 15.6. The summed E-state index contributed by atoms with van der Waals surface area (Å²) in [5.74, 6) is 0. The third-order valence-electron chi connectivity index (χ3n) is 3.84. The van der Waals surface area contributed by atoms with Gasteiger partial charge in [0.05, 0.1) is 5.52 Å². The number of rotatable bonds is 7. The quantitative estimate of drug-likeness (QED) is 0.760. The molecule has 1 heterocycles. The summed E-state index contributed by atoms with van der Waals surface area (Å²) in [5, 5.41) is 1.17. The summed E-state index contributed by atoms with van der Waals surface area (Å²) in [4.78, 5) is 7.14. The minimum Gasteiger partial charge on any atom is -0.399 e. The SMILES string of the molecule is CCCCN(CCCC)c1cc(C)nc2ccc(N)cc12. The van der Waals surface area contributed by atoms with Gasteiger partial charge >= 0.3 is 0 Å². The molecule has 114 valence electrons. The summed E-state index contributed by atoms with van der Waals surface area (Å²) in [7, 11) is 0. The van der Waals surface area contributed by atoms with E-state index >= 15 is 0 Å². The Hall–Kier alpha value is -1.77. The lowest BCUT2D eigenvalue weighted by molar-refractivity contribution is 0.679. The number of nitrogens with two attached hydrogens (primary N) is 1. The Bertz CT molecular complexity index is 584. The van der Waals surface area contributed by atoms with Crippen molar-refractivity contribution in [1.29, 1.82) is 0 Å². The van der Waals surface area contributed by atoms with Gasteiger partial charge in [0.2, 0.25) is 0 Å². The molecule has 1 aromatic carbocycles. The monoisotopic (exact) mass is 285 g/mol. The smallest absolute Gasteiger partial charge is 0.0727 e. The van der Waals surface area contributed by atoms with E-state index in [0.717, 1.165) is 30.0 Å². The molecular formula is C18H27N3. The number of anilines is 2. The number of aryl methyl sites for hydroxylation is 1. The summed E-state index contributed by atoms with van der Waals surface area (Å²) in [6.45, 7) is 8.75. The zero-order valence-electron chi connectivity index (χ0n) is 13.5. The maximum Gasteiger partial charge on any atom is 0.0727 e. The van der Waals surface area contributed by atoms with E-state index in [2.05, 4.69) is 42.8 Å². The highest BCUT2D eigenvalue weighted by atomic mass is 15.1. The Kier molecular flexibility index (Phi) is 5.43. The Morgan fingerprint density at radius 3 is 2.33 bits per heavy atom. The lowest BCUT2D eigenvalue weighted by Crippen LogP contribution is -2.26. The van der Waals surface area contributed by atoms with E-state index in [4.69, 9.17) is 5.73 Å². The maximum atomic E-state index is 5.98. The molecule has 0 fully saturated rings. The molecule has 0 radical (unpaired) electrons. The Balaban J connectivity index is 2.46. The van der Waals surface area contributed by atoms with E-state index in [0.29, 0.717) is 0 Å². The van der Waals surface area contributed by atoms with Crippen LogP contribution in [0.15, 0.2) is 24.3 Å². The van der Waals surface area contributed by atoms with Crippen LogP contribution in [0.4, 0.5) is 11.4 Å². The van der Waals surface area contributed by atoms with Gasteiger partial charge in [-0.15, -0.1) is 0 Å². The molecule has 21 heavy (non-hydrogen) atoms. The second-order valence-electron chi connectivity index (χ2n) is 5.75. The summed E-state index contributed by atoms with van der Waals surface area (Å²) in [6, 6.07) is 8.22. The van der Waals surface area contributed by atoms with Crippen molar-refractivity contribution in [2.24, 2.45) is 0 Å². The van der Waals surface area contributed by atoms with Crippen molar-refractivity contribution >= 4 is 22.3 Å². The fourth-order valence-corrected chi connectivity index (χ4v) is 2.67. The molecule has 0 saturated heterocycles. The molecule has 0 unspecified atom stereocenters. The van der Waals surface area contributed by atoms with Crippen LogP contribution in [0.2, 0.25) is 0 Å². The fraction of sp³-hybridized carbons (Fsp3) is 0.500. The summed E-state index contributed by atoms with van der Waals surface area (Å²) >= 11 is 0. The van der Waals surface area contributed by atoms with Crippen LogP contribution in [0, 0.1) is 6.92 Å². The van der Waals surface area contributed by atoms with Gasteiger partial charge in [-0.25, -0.2) is 0 Å². The molecule has 0 aliphatic rings. The van der Waals surface area contributed by atoms with E-state index < -0.39 is 0 Å². The van der Waals surface area contributed by atoms with Crippen LogP contribution in [0.3, 0.4) is 0 Å². The van der Waals surface area contributed by atoms with Gasteiger partial charge in [-0.2, -0.15) is 0 Å². The number of fused-ring (bicyclic) bond motifs is 1. The Morgan fingerprint density at radius 2 is 1.71 bits per heavy atom. The van der Waals surface area contributed by atoms with E-state index in [1.54, 1.807) is 0 Å². The molecule has 2 rings (SSSR count). The molecule has 2 N–H and O–H groups in total. The topological polar surface area (TPSA) is 42.2 Å². The zero-order chi connectivity index (χ0) is 15.2. The van der Waals surface area contributed by atoms with Gasteiger partial charge < -0.3 is 10.6 Å².